The zero-order valence-corrected chi connectivity index (χ0v) is 11.8. The molecule has 5 nitrogen and oxygen atoms in total. The Kier molecular flexibility index (Phi) is 6.52. The summed E-state index contributed by atoms with van der Waals surface area (Å²) in [6.07, 6.45) is 2.79. The predicted molar refractivity (Wildman–Crippen MR) is 77.7 cm³/mol. The molecular weight excluding hydrogens is 310 g/mol. The number of nitrogens with zero attached hydrogens (tertiary/aromatic N) is 1. The van der Waals surface area contributed by atoms with Crippen LogP contribution >= 0.6 is 15.9 Å². The number of hydrogen-bond donors (Lipinski definition) is 2. The Bertz CT molecular complexity index is 483. The minimum atomic E-state index is -0.463. The summed E-state index contributed by atoms with van der Waals surface area (Å²) in [6, 6.07) is 7.42. The summed E-state index contributed by atoms with van der Waals surface area (Å²) in [7, 11) is 0. The molecule has 2 amide bonds. The molecule has 0 heterocycles. The van der Waals surface area contributed by atoms with Crippen molar-refractivity contribution in [2.24, 2.45) is 5.10 Å². The summed E-state index contributed by atoms with van der Waals surface area (Å²) in [5.74, 6) is -0.828. The van der Waals surface area contributed by atoms with E-state index in [1.807, 2.05) is 24.3 Å². The van der Waals surface area contributed by atoms with Gasteiger partial charge in [-0.25, -0.2) is 5.43 Å². The first-order valence-electron chi connectivity index (χ1n) is 5.57. The highest BCUT2D eigenvalue weighted by Gasteiger charge is 2.06. The fraction of sp³-hybridized carbons (Fsp3) is 0.154. The van der Waals surface area contributed by atoms with E-state index >= 15 is 0 Å². The zero-order valence-electron chi connectivity index (χ0n) is 10.2. The highest BCUT2D eigenvalue weighted by molar-refractivity contribution is 9.10. The number of amides is 2. The van der Waals surface area contributed by atoms with Crippen LogP contribution in [0.1, 0.15) is 12.0 Å². The second-order valence-corrected chi connectivity index (χ2v) is 4.53. The van der Waals surface area contributed by atoms with Crippen molar-refractivity contribution in [3.05, 3.63) is 47.0 Å². The smallest absolute Gasteiger partial charge is 0.249 e. The molecule has 1 aromatic rings. The Hall–Kier alpha value is -1.95. The van der Waals surface area contributed by atoms with Crippen LogP contribution in [0.25, 0.3) is 0 Å². The molecule has 0 spiro atoms. The molecule has 0 fully saturated rings. The van der Waals surface area contributed by atoms with E-state index in [-0.39, 0.29) is 12.3 Å². The minimum absolute atomic E-state index is 0.258. The van der Waals surface area contributed by atoms with Gasteiger partial charge in [-0.15, -0.1) is 6.58 Å². The predicted octanol–water partition coefficient (Wildman–Crippen LogP) is 1.59. The van der Waals surface area contributed by atoms with Crippen molar-refractivity contribution in [1.29, 1.82) is 0 Å². The molecular formula is C13H14BrN3O2. The highest BCUT2D eigenvalue weighted by Crippen LogP contribution is 2.08. The number of hydrogen-bond acceptors (Lipinski definition) is 3. The minimum Gasteiger partial charge on any atom is -0.352 e. The fourth-order valence-electron chi connectivity index (χ4n) is 1.16. The number of nitrogens with one attached hydrogen (secondary N) is 2. The molecule has 0 aliphatic rings. The van der Waals surface area contributed by atoms with Crippen molar-refractivity contribution in [3.8, 4) is 0 Å². The number of halogens is 1. The number of carbonyl (C=O) groups is 2. The van der Waals surface area contributed by atoms with E-state index in [2.05, 4.69) is 38.4 Å². The molecule has 100 valence electrons. The van der Waals surface area contributed by atoms with Crippen molar-refractivity contribution in [3.63, 3.8) is 0 Å². The lowest BCUT2D eigenvalue weighted by molar-refractivity contribution is -0.129. The van der Waals surface area contributed by atoms with E-state index < -0.39 is 5.91 Å². The lowest BCUT2D eigenvalue weighted by atomic mass is 10.2. The molecule has 2 N–H and O–H groups in total. The van der Waals surface area contributed by atoms with E-state index in [0.29, 0.717) is 6.54 Å². The molecule has 0 saturated heterocycles. The summed E-state index contributed by atoms with van der Waals surface area (Å²) in [4.78, 5) is 22.5. The third-order valence-corrected chi connectivity index (χ3v) is 2.57. The van der Waals surface area contributed by atoms with Crippen LogP contribution in [0.4, 0.5) is 0 Å². The summed E-state index contributed by atoms with van der Waals surface area (Å²) in [5.41, 5.74) is 3.13. The molecule has 0 radical (unpaired) electrons. The summed E-state index contributed by atoms with van der Waals surface area (Å²) in [6.45, 7) is 3.80. The monoisotopic (exact) mass is 323 g/mol. The van der Waals surface area contributed by atoms with Gasteiger partial charge >= 0.3 is 0 Å². The van der Waals surface area contributed by atoms with Crippen molar-refractivity contribution < 1.29 is 9.59 Å². The Morgan fingerprint density at radius 3 is 2.58 bits per heavy atom. The zero-order chi connectivity index (χ0) is 14.1. The molecule has 0 atom stereocenters. The van der Waals surface area contributed by atoms with Crippen LogP contribution in [0.3, 0.4) is 0 Å². The van der Waals surface area contributed by atoms with Gasteiger partial charge in [-0.3, -0.25) is 9.59 Å². The molecule has 0 unspecified atom stereocenters. The molecule has 0 aromatic heterocycles. The lowest BCUT2D eigenvalue weighted by Gasteiger charge is -2.01. The molecule has 0 aliphatic heterocycles. The van der Waals surface area contributed by atoms with Gasteiger partial charge in [0.05, 0.1) is 6.21 Å². The summed E-state index contributed by atoms with van der Waals surface area (Å²) >= 11 is 3.32. The summed E-state index contributed by atoms with van der Waals surface area (Å²) < 4.78 is 0.965. The van der Waals surface area contributed by atoms with Crippen LogP contribution in [-0.4, -0.2) is 24.6 Å². The van der Waals surface area contributed by atoms with Gasteiger partial charge in [0.2, 0.25) is 11.8 Å². The third kappa shape index (κ3) is 6.52. The van der Waals surface area contributed by atoms with E-state index in [9.17, 15) is 9.59 Å². The highest BCUT2D eigenvalue weighted by atomic mass is 79.9. The van der Waals surface area contributed by atoms with Crippen LogP contribution in [0, 0.1) is 0 Å². The van der Waals surface area contributed by atoms with Crippen molar-refractivity contribution >= 4 is 34.0 Å². The van der Waals surface area contributed by atoms with Gasteiger partial charge in [0.25, 0.3) is 0 Å². The van der Waals surface area contributed by atoms with Gasteiger partial charge in [0.15, 0.2) is 0 Å². The van der Waals surface area contributed by atoms with Gasteiger partial charge in [0, 0.05) is 11.0 Å². The maximum atomic E-state index is 11.3. The number of benzene rings is 1. The Balaban J connectivity index is 2.35. The van der Waals surface area contributed by atoms with Gasteiger partial charge < -0.3 is 5.32 Å². The molecule has 0 bridgehead atoms. The Morgan fingerprint density at radius 2 is 1.95 bits per heavy atom. The van der Waals surface area contributed by atoms with Gasteiger partial charge in [0.1, 0.15) is 6.42 Å². The van der Waals surface area contributed by atoms with Crippen LogP contribution in [0.2, 0.25) is 0 Å². The molecule has 0 aliphatic carbocycles. The first-order chi connectivity index (χ1) is 9.11. The van der Waals surface area contributed by atoms with Crippen molar-refractivity contribution in [2.45, 2.75) is 6.42 Å². The first-order valence-corrected chi connectivity index (χ1v) is 6.36. The van der Waals surface area contributed by atoms with Crippen molar-refractivity contribution in [2.75, 3.05) is 6.54 Å². The molecule has 1 rings (SSSR count). The van der Waals surface area contributed by atoms with E-state index in [1.165, 1.54) is 6.21 Å². The number of hydrazone groups is 1. The van der Waals surface area contributed by atoms with Crippen LogP contribution in [0.15, 0.2) is 46.5 Å². The van der Waals surface area contributed by atoms with Gasteiger partial charge in [-0.2, -0.15) is 5.10 Å². The standard InChI is InChI=1S/C13H14BrN3O2/c1-2-7-15-12(18)8-13(19)17-16-9-10-3-5-11(14)6-4-10/h2-6,9H,1,7-8H2,(H,15,18)(H,17,19)/b16-9+. The van der Waals surface area contributed by atoms with Crippen molar-refractivity contribution in [1.82, 2.24) is 10.7 Å². The van der Waals surface area contributed by atoms with E-state index in [4.69, 9.17) is 0 Å². The van der Waals surface area contributed by atoms with Crippen LogP contribution in [0.5, 0.6) is 0 Å². The lowest BCUT2D eigenvalue weighted by Crippen LogP contribution is -2.29. The second kappa shape index (κ2) is 8.20. The third-order valence-electron chi connectivity index (χ3n) is 2.04. The SMILES string of the molecule is C=CCNC(=O)CC(=O)N/N=C/c1ccc(Br)cc1. The maximum absolute atomic E-state index is 11.3. The maximum Gasteiger partial charge on any atom is 0.249 e. The van der Waals surface area contributed by atoms with Crippen LogP contribution in [-0.2, 0) is 9.59 Å². The fourth-order valence-corrected chi connectivity index (χ4v) is 1.43. The normalized spacial score (nSPS) is 10.2. The molecule has 0 saturated carbocycles. The van der Waals surface area contributed by atoms with Gasteiger partial charge in [-0.1, -0.05) is 34.1 Å². The second-order valence-electron chi connectivity index (χ2n) is 3.61. The average Bonchev–Trinajstić information content (AvgIpc) is 2.38. The largest absolute Gasteiger partial charge is 0.352 e. The summed E-state index contributed by atoms with van der Waals surface area (Å²) in [5, 5.41) is 6.27. The Labute approximate surface area is 119 Å². The van der Waals surface area contributed by atoms with E-state index in [0.717, 1.165) is 10.0 Å². The van der Waals surface area contributed by atoms with E-state index in [1.54, 1.807) is 6.08 Å². The first kappa shape index (κ1) is 15.1. The quantitative estimate of drug-likeness (QED) is 0.361. The van der Waals surface area contributed by atoms with Crippen LogP contribution < -0.4 is 10.7 Å². The average molecular weight is 324 g/mol. The topological polar surface area (TPSA) is 70.6 Å². The Morgan fingerprint density at radius 1 is 1.26 bits per heavy atom. The molecule has 1 aromatic carbocycles. The molecule has 6 heteroatoms. The number of carbonyl (C=O) groups excluding carboxylic acids is 2. The van der Waals surface area contributed by atoms with Gasteiger partial charge in [-0.05, 0) is 17.7 Å². The number of rotatable bonds is 6. The molecule has 19 heavy (non-hydrogen) atoms.